The van der Waals surface area contributed by atoms with Crippen LogP contribution in [0.2, 0.25) is 0 Å². The van der Waals surface area contributed by atoms with E-state index < -0.39 is 4.92 Å². The molecular formula is C12H9N5O2S. The number of nitro benzene ring substituents is 1. The highest BCUT2D eigenvalue weighted by atomic mass is 32.1. The van der Waals surface area contributed by atoms with Crippen molar-refractivity contribution in [2.45, 2.75) is 6.42 Å². The first kappa shape index (κ1) is 12.4. The highest BCUT2D eigenvalue weighted by molar-refractivity contribution is 7.71. The molecule has 0 saturated carbocycles. The van der Waals surface area contributed by atoms with Crippen LogP contribution in [0.5, 0.6) is 0 Å². The minimum atomic E-state index is -0.420. The number of nitrogens with one attached hydrogen (secondary N) is 2. The van der Waals surface area contributed by atoms with E-state index in [-0.39, 0.29) is 5.69 Å². The maximum Gasteiger partial charge on any atom is 0.269 e. The van der Waals surface area contributed by atoms with Crippen molar-refractivity contribution in [3.05, 3.63) is 56.7 Å². The van der Waals surface area contributed by atoms with Gasteiger partial charge in [-0.05, 0) is 17.8 Å². The minimum absolute atomic E-state index is 0.0723. The van der Waals surface area contributed by atoms with Crippen LogP contribution in [-0.2, 0) is 6.42 Å². The van der Waals surface area contributed by atoms with E-state index >= 15 is 0 Å². The van der Waals surface area contributed by atoms with E-state index in [1.807, 2.05) is 0 Å². The number of fused-ring (bicyclic) bond motifs is 1. The zero-order valence-electron chi connectivity index (χ0n) is 10.2. The average molecular weight is 287 g/mol. The van der Waals surface area contributed by atoms with Gasteiger partial charge in [-0.2, -0.15) is 4.98 Å². The summed E-state index contributed by atoms with van der Waals surface area (Å²) in [6, 6.07) is 6.40. The molecule has 0 amide bonds. The number of hydrogen-bond acceptors (Lipinski definition) is 5. The number of rotatable bonds is 3. The third kappa shape index (κ3) is 2.28. The fourth-order valence-corrected chi connectivity index (χ4v) is 2.19. The highest BCUT2D eigenvalue weighted by Gasteiger charge is 2.08. The lowest BCUT2D eigenvalue weighted by Gasteiger charge is -2.03. The molecule has 20 heavy (non-hydrogen) atoms. The van der Waals surface area contributed by atoms with Crippen molar-refractivity contribution in [2.24, 2.45) is 0 Å². The van der Waals surface area contributed by atoms with E-state index in [9.17, 15) is 10.1 Å². The summed E-state index contributed by atoms with van der Waals surface area (Å²) in [4.78, 5) is 24.4. The molecule has 1 aromatic carbocycles. The number of H-pyrrole nitrogens is 2. The third-order valence-electron chi connectivity index (χ3n) is 2.91. The van der Waals surface area contributed by atoms with Gasteiger partial charge in [0.2, 0.25) is 0 Å². The Bertz CT molecular complexity index is 837. The molecule has 0 bridgehead atoms. The summed E-state index contributed by atoms with van der Waals surface area (Å²) in [5.74, 6) is 0. The molecule has 0 aliphatic rings. The van der Waals surface area contributed by atoms with Crippen molar-refractivity contribution in [3.63, 3.8) is 0 Å². The second kappa shape index (κ2) is 4.82. The number of nitrogens with zero attached hydrogens (tertiary/aromatic N) is 3. The quantitative estimate of drug-likeness (QED) is 0.438. The van der Waals surface area contributed by atoms with Crippen LogP contribution < -0.4 is 0 Å². The Morgan fingerprint density at radius 2 is 2.05 bits per heavy atom. The van der Waals surface area contributed by atoms with E-state index in [2.05, 4.69) is 19.9 Å². The van der Waals surface area contributed by atoms with Gasteiger partial charge in [-0.15, -0.1) is 0 Å². The standard InChI is InChI=1S/C12H9N5O2S/c18-17(19)8-3-1-7(2-4-8)5-9-10-11(14-6-13-10)16-12(20)15-9/h1-4,6H,5H2,(H2,13,14,15,16,20). The zero-order valence-corrected chi connectivity index (χ0v) is 11.0. The molecule has 0 radical (unpaired) electrons. The fourth-order valence-electron chi connectivity index (χ4n) is 1.98. The molecular weight excluding hydrogens is 278 g/mol. The minimum Gasteiger partial charge on any atom is -0.342 e. The first-order valence-electron chi connectivity index (χ1n) is 5.79. The van der Waals surface area contributed by atoms with Crippen LogP contribution in [0.4, 0.5) is 5.69 Å². The second-order valence-corrected chi connectivity index (χ2v) is 4.61. The molecule has 7 nitrogen and oxygen atoms in total. The van der Waals surface area contributed by atoms with E-state index in [0.29, 0.717) is 16.8 Å². The van der Waals surface area contributed by atoms with Gasteiger partial charge >= 0.3 is 0 Å². The lowest BCUT2D eigenvalue weighted by Crippen LogP contribution is -1.97. The van der Waals surface area contributed by atoms with Gasteiger partial charge in [-0.25, -0.2) is 4.98 Å². The summed E-state index contributed by atoms with van der Waals surface area (Å²) >= 11 is 5.05. The molecule has 2 N–H and O–H groups in total. The molecule has 3 rings (SSSR count). The Morgan fingerprint density at radius 3 is 2.75 bits per heavy atom. The molecule has 0 aliphatic heterocycles. The molecule has 0 spiro atoms. The van der Waals surface area contributed by atoms with Crippen molar-refractivity contribution < 1.29 is 4.92 Å². The second-order valence-electron chi connectivity index (χ2n) is 4.22. The monoisotopic (exact) mass is 287 g/mol. The molecule has 0 unspecified atom stereocenters. The molecule has 8 heteroatoms. The average Bonchev–Trinajstić information content (AvgIpc) is 2.87. The molecule has 2 aromatic heterocycles. The Morgan fingerprint density at radius 1 is 1.30 bits per heavy atom. The number of hydrogen-bond donors (Lipinski definition) is 2. The van der Waals surface area contributed by atoms with Crippen molar-refractivity contribution in [1.82, 2.24) is 19.9 Å². The smallest absolute Gasteiger partial charge is 0.269 e. The normalized spacial score (nSPS) is 10.8. The number of aromatic amines is 2. The third-order valence-corrected chi connectivity index (χ3v) is 3.11. The molecule has 0 fully saturated rings. The predicted octanol–water partition coefficient (Wildman–Crippen LogP) is 2.51. The van der Waals surface area contributed by atoms with Gasteiger partial charge in [0, 0.05) is 24.2 Å². The largest absolute Gasteiger partial charge is 0.342 e. The van der Waals surface area contributed by atoms with Crippen molar-refractivity contribution in [1.29, 1.82) is 0 Å². The topological polar surface area (TPSA) is 100 Å². The van der Waals surface area contributed by atoms with Crippen LogP contribution in [0.1, 0.15) is 11.3 Å². The van der Waals surface area contributed by atoms with Crippen LogP contribution in [-0.4, -0.2) is 24.9 Å². The molecule has 3 aromatic rings. The maximum absolute atomic E-state index is 10.6. The van der Waals surface area contributed by atoms with Crippen molar-refractivity contribution >= 4 is 29.1 Å². The summed E-state index contributed by atoms with van der Waals surface area (Å²) < 4.78 is 0.363. The Balaban J connectivity index is 1.98. The van der Waals surface area contributed by atoms with Gasteiger partial charge in [0.15, 0.2) is 10.4 Å². The number of imidazole rings is 1. The Labute approximate surface area is 117 Å². The highest BCUT2D eigenvalue weighted by Crippen LogP contribution is 2.17. The number of non-ortho nitro benzene ring substituents is 1. The molecule has 2 heterocycles. The van der Waals surface area contributed by atoms with Crippen LogP contribution in [0.25, 0.3) is 11.2 Å². The van der Waals surface area contributed by atoms with Crippen molar-refractivity contribution in [2.75, 3.05) is 0 Å². The zero-order chi connectivity index (χ0) is 14.1. The van der Waals surface area contributed by atoms with Crippen LogP contribution in [0.15, 0.2) is 30.6 Å². The van der Waals surface area contributed by atoms with Crippen LogP contribution in [0.3, 0.4) is 0 Å². The fraction of sp³-hybridized carbons (Fsp3) is 0.0833. The summed E-state index contributed by atoms with van der Waals surface area (Å²) in [5, 5.41) is 10.6. The number of aromatic nitrogens is 4. The lowest BCUT2D eigenvalue weighted by molar-refractivity contribution is -0.384. The van der Waals surface area contributed by atoms with Crippen LogP contribution >= 0.6 is 12.2 Å². The molecule has 0 saturated heterocycles. The van der Waals surface area contributed by atoms with Crippen molar-refractivity contribution in [3.8, 4) is 0 Å². The predicted molar refractivity (Wildman–Crippen MR) is 75.0 cm³/mol. The van der Waals surface area contributed by atoms with Gasteiger partial charge in [-0.1, -0.05) is 12.1 Å². The first-order chi connectivity index (χ1) is 9.63. The maximum atomic E-state index is 10.6. The molecule has 100 valence electrons. The van der Waals surface area contributed by atoms with E-state index in [0.717, 1.165) is 16.8 Å². The Kier molecular flexibility index (Phi) is 2.99. The molecule has 0 atom stereocenters. The lowest BCUT2D eigenvalue weighted by atomic mass is 10.1. The Hall–Kier alpha value is -2.61. The summed E-state index contributed by atoms with van der Waals surface area (Å²) in [6.45, 7) is 0. The first-order valence-corrected chi connectivity index (χ1v) is 6.20. The summed E-state index contributed by atoms with van der Waals surface area (Å²) in [5.41, 5.74) is 3.21. The van der Waals surface area contributed by atoms with Gasteiger partial charge in [0.05, 0.1) is 11.3 Å². The van der Waals surface area contributed by atoms with Gasteiger partial charge < -0.3 is 9.97 Å². The SMILES string of the molecule is O=[N+]([O-])c1ccc(Cc2[nH]c(=S)nc3nc[nH]c23)cc1. The summed E-state index contributed by atoms with van der Waals surface area (Å²) in [6.07, 6.45) is 2.11. The van der Waals surface area contributed by atoms with E-state index in [1.165, 1.54) is 12.1 Å². The van der Waals surface area contributed by atoms with E-state index in [1.54, 1.807) is 18.5 Å². The van der Waals surface area contributed by atoms with Crippen LogP contribution in [0, 0.1) is 14.9 Å². The van der Waals surface area contributed by atoms with Gasteiger partial charge in [0.25, 0.3) is 5.69 Å². The van der Waals surface area contributed by atoms with E-state index in [4.69, 9.17) is 12.2 Å². The van der Waals surface area contributed by atoms with Gasteiger partial charge in [0.1, 0.15) is 5.52 Å². The van der Waals surface area contributed by atoms with Gasteiger partial charge in [-0.3, -0.25) is 10.1 Å². The summed E-state index contributed by atoms with van der Waals surface area (Å²) in [7, 11) is 0. The molecule has 0 aliphatic carbocycles. The number of nitro groups is 1. The number of benzene rings is 1.